The second-order valence-corrected chi connectivity index (χ2v) is 8.96. The SMILES string of the molecule is [2H]C([2H])([2H])n1cc(C(F)(F)F)nc1-c1ccc(C(O)c2c[nH]c3cnc(-c4c(OC)ncnc4C4CC4)nc23)cc1. The number of H-pyrrole nitrogens is 1. The van der Waals surface area contributed by atoms with Crippen molar-refractivity contribution in [2.24, 2.45) is 6.98 Å². The number of methoxy groups -OCH3 is 1. The third-order valence-electron chi connectivity index (χ3n) is 6.44. The van der Waals surface area contributed by atoms with Gasteiger partial charge in [-0.05, 0) is 18.4 Å². The number of aliphatic hydroxyl groups is 1. The first kappa shape index (κ1) is 20.7. The smallest absolute Gasteiger partial charge is 0.434 e. The number of fused-ring (bicyclic) bond motifs is 1. The molecular weight excluding hydrogens is 499 g/mol. The predicted octanol–water partition coefficient (Wildman–Crippen LogP) is 4.80. The first-order valence-corrected chi connectivity index (χ1v) is 11.6. The van der Waals surface area contributed by atoms with Crippen LogP contribution >= 0.6 is 0 Å². The molecule has 1 fully saturated rings. The zero-order valence-corrected chi connectivity index (χ0v) is 19.9. The van der Waals surface area contributed by atoms with Crippen LogP contribution in [0.15, 0.2) is 49.2 Å². The summed E-state index contributed by atoms with van der Waals surface area (Å²) in [6, 6.07) is 5.80. The quantitative estimate of drug-likeness (QED) is 0.328. The summed E-state index contributed by atoms with van der Waals surface area (Å²) in [7, 11) is 1.50. The molecule has 38 heavy (non-hydrogen) atoms. The minimum Gasteiger partial charge on any atom is -0.480 e. The summed E-state index contributed by atoms with van der Waals surface area (Å²) in [5, 5.41) is 11.3. The van der Waals surface area contributed by atoms with Crippen molar-refractivity contribution >= 4 is 11.0 Å². The number of hydrogen-bond donors (Lipinski definition) is 2. The number of aromatic nitrogens is 7. The predicted molar refractivity (Wildman–Crippen MR) is 131 cm³/mol. The van der Waals surface area contributed by atoms with Crippen molar-refractivity contribution in [3.05, 3.63) is 71.7 Å². The zero-order valence-electron chi connectivity index (χ0n) is 22.9. The van der Waals surface area contributed by atoms with Crippen LogP contribution in [0.1, 0.15) is 51.5 Å². The highest BCUT2D eigenvalue weighted by atomic mass is 19.4. The number of nitrogens with one attached hydrogen (secondary N) is 1. The maximum Gasteiger partial charge on any atom is 0.434 e. The van der Waals surface area contributed by atoms with Crippen LogP contribution in [0, 0.1) is 0 Å². The van der Waals surface area contributed by atoms with E-state index in [9.17, 15) is 18.3 Å². The second-order valence-electron chi connectivity index (χ2n) is 8.96. The van der Waals surface area contributed by atoms with Gasteiger partial charge < -0.3 is 19.4 Å². The molecule has 4 aromatic heterocycles. The van der Waals surface area contributed by atoms with Gasteiger partial charge in [0.05, 0.1) is 30.0 Å². The van der Waals surface area contributed by atoms with Crippen molar-refractivity contribution in [3.8, 4) is 28.7 Å². The van der Waals surface area contributed by atoms with Crippen LogP contribution in [0.25, 0.3) is 33.8 Å². The molecule has 12 heteroatoms. The third-order valence-corrected chi connectivity index (χ3v) is 6.44. The van der Waals surface area contributed by atoms with E-state index in [1.165, 1.54) is 37.7 Å². The molecule has 0 radical (unpaired) electrons. The molecule has 5 aromatic rings. The maximum absolute atomic E-state index is 13.3. The number of aliphatic hydroxyl groups excluding tert-OH is 1. The number of aromatic amines is 1. The lowest BCUT2D eigenvalue weighted by molar-refractivity contribution is -0.140. The molecule has 0 saturated heterocycles. The monoisotopic (exact) mass is 524 g/mol. The van der Waals surface area contributed by atoms with E-state index in [0.29, 0.717) is 50.2 Å². The molecule has 194 valence electrons. The molecule has 0 bridgehead atoms. The fourth-order valence-electron chi connectivity index (χ4n) is 4.39. The molecule has 1 atom stereocenters. The lowest BCUT2D eigenvalue weighted by atomic mass is 10.0. The van der Waals surface area contributed by atoms with Crippen molar-refractivity contribution < 1.29 is 27.1 Å². The van der Waals surface area contributed by atoms with Gasteiger partial charge in [-0.3, -0.25) is 0 Å². The lowest BCUT2D eigenvalue weighted by Gasteiger charge is -2.12. The van der Waals surface area contributed by atoms with Crippen LogP contribution in [0.5, 0.6) is 5.88 Å². The first-order valence-electron chi connectivity index (χ1n) is 13.1. The Morgan fingerprint density at radius 3 is 2.63 bits per heavy atom. The highest BCUT2D eigenvalue weighted by molar-refractivity contribution is 5.82. The van der Waals surface area contributed by atoms with E-state index in [1.807, 2.05) is 0 Å². The molecule has 6 rings (SSSR count). The number of rotatable bonds is 6. The summed E-state index contributed by atoms with van der Waals surface area (Å²) in [5.41, 5.74) is 2.07. The van der Waals surface area contributed by atoms with E-state index in [1.54, 1.807) is 12.4 Å². The molecule has 0 spiro atoms. The topological polar surface area (TPSA) is 115 Å². The number of alkyl halides is 3. The Morgan fingerprint density at radius 2 is 1.95 bits per heavy atom. The van der Waals surface area contributed by atoms with Gasteiger partial charge >= 0.3 is 6.18 Å². The van der Waals surface area contributed by atoms with Gasteiger partial charge in [0.15, 0.2) is 11.5 Å². The molecule has 4 heterocycles. The van der Waals surface area contributed by atoms with Crippen LogP contribution in [-0.4, -0.2) is 46.7 Å². The summed E-state index contributed by atoms with van der Waals surface area (Å²) >= 11 is 0. The van der Waals surface area contributed by atoms with E-state index in [0.717, 1.165) is 18.5 Å². The van der Waals surface area contributed by atoms with Crippen LogP contribution in [0.4, 0.5) is 13.2 Å². The van der Waals surface area contributed by atoms with Gasteiger partial charge in [0.2, 0.25) is 5.88 Å². The van der Waals surface area contributed by atoms with Gasteiger partial charge in [0.1, 0.15) is 23.8 Å². The molecule has 0 aliphatic heterocycles. The Labute approximate surface area is 218 Å². The van der Waals surface area contributed by atoms with E-state index < -0.39 is 25.0 Å². The van der Waals surface area contributed by atoms with E-state index in [4.69, 9.17) is 13.8 Å². The summed E-state index contributed by atoms with van der Waals surface area (Å²) in [5.74, 6) is 0.591. The average Bonchev–Trinajstić information content (AvgIpc) is 3.52. The molecule has 9 nitrogen and oxygen atoms in total. The Hall–Kier alpha value is -4.32. The van der Waals surface area contributed by atoms with Gasteiger partial charge in [-0.15, -0.1) is 0 Å². The Balaban J connectivity index is 1.36. The highest BCUT2D eigenvalue weighted by Gasteiger charge is 2.35. The molecule has 1 aliphatic carbocycles. The Bertz CT molecular complexity index is 1750. The van der Waals surface area contributed by atoms with Crippen LogP contribution in [0.3, 0.4) is 0 Å². The van der Waals surface area contributed by atoms with E-state index in [-0.39, 0.29) is 17.3 Å². The summed E-state index contributed by atoms with van der Waals surface area (Å²) in [6.07, 6.45) is 1.09. The number of hydrogen-bond acceptors (Lipinski definition) is 7. The van der Waals surface area contributed by atoms with Gasteiger partial charge in [0.25, 0.3) is 0 Å². The maximum atomic E-state index is 13.3. The average molecular weight is 525 g/mol. The minimum absolute atomic E-state index is 0.139. The molecule has 1 aliphatic rings. The zero-order chi connectivity index (χ0) is 29.1. The number of ether oxygens (including phenoxy) is 1. The largest absolute Gasteiger partial charge is 0.480 e. The van der Waals surface area contributed by atoms with Crippen molar-refractivity contribution in [2.45, 2.75) is 31.0 Å². The van der Waals surface area contributed by atoms with Crippen LogP contribution in [-0.2, 0) is 13.2 Å². The molecular formula is C26H22F3N7O2. The van der Waals surface area contributed by atoms with Crippen molar-refractivity contribution in [2.75, 3.05) is 7.11 Å². The Kier molecular flexibility index (Phi) is 4.85. The standard InChI is InChI=1S/C26H22F3N7O2/c1-36-11-18(26(27,28)29)34-24(36)15-7-5-14(6-8-15)22(37)16-9-30-17-10-31-23(35-21(16)17)19-20(13-3-4-13)32-12-33-25(19)38-2/h5-13,22,30,37H,3-4H2,1-2H3/i1D3. The van der Waals surface area contributed by atoms with Crippen molar-refractivity contribution in [1.82, 2.24) is 34.5 Å². The summed E-state index contributed by atoms with van der Waals surface area (Å²) < 4.78 is 68.6. The minimum atomic E-state index is -4.81. The van der Waals surface area contributed by atoms with Crippen LogP contribution < -0.4 is 4.74 Å². The highest BCUT2D eigenvalue weighted by Crippen LogP contribution is 2.45. The number of imidazole rings is 1. The summed E-state index contributed by atoms with van der Waals surface area (Å²) in [6.45, 7) is -2.88. The van der Waals surface area contributed by atoms with Gasteiger partial charge in [-0.1, -0.05) is 24.3 Å². The molecule has 0 amide bonds. The molecule has 1 saturated carbocycles. The van der Waals surface area contributed by atoms with E-state index >= 15 is 0 Å². The Morgan fingerprint density at radius 1 is 1.16 bits per heavy atom. The lowest BCUT2D eigenvalue weighted by Crippen LogP contribution is -2.05. The van der Waals surface area contributed by atoms with Gasteiger partial charge in [-0.25, -0.2) is 24.9 Å². The fraction of sp³-hybridized carbons (Fsp3) is 0.269. The number of benzene rings is 1. The van der Waals surface area contributed by atoms with Gasteiger partial charge in [0, 0.05) is 40.5 Å². The second kappa shape index (κ2) is 8.91. The molecule has 1 unspecified atom stereocenters. The third kappa shape index (κ3) is 4.16. The van der Waals surface area contributed by atoms with Gasteiger partial charge in [-0.2, -0.15) is 13.2 Å². The first-order chi connectivity index (χ1) is 19.5. The molecule has 2 N–H and O–H groups in total. The van der Waals surface area contributed by atoms with E-state index in [2.05, 4.69) is 24.9 Å². The van der Waals surface area contributed by atoms with Crippen molar-refractivity contribution in [3.63, 3.8) is 0 Å². The van der Waals surface area contributed by atoms with Crippen LogP contribution in [0.2, 0.25) is 0 Å². The number of aryl methyl sites for hydroxylation is 1. The fourth-order valence-corrected chi connectivity index (χ4v) is 4.39. The number of nitrogens with zero attached hydrogens (tertiary/aromatic N) is 6. The normalized spacial score (nSPS) is 16.2. The summed E-state index contributed by atoms with van der Waals surface area (Å²) in [4.78, 5) is 24.4. The number of halogens is 3. The molecule has 1 aromatic carbocycles. The van der Waals surface area contributed by atoms with Crippen molar-refractivity contribution in [1.29, 1.82) is 0 Å².